The van der Waals surface area contributed by atoms with Gasteiger partial charge in [0.05, 0.1) is 12.4 Å². The Morgan fingerprint density at radius 2 is 2.15 bits per heavy atom. The van der Waals surface area contributed by atoms with Crippen molar-refractivity contribution in [3.8, 4) is 5.75 Å². The maximum absolute atomic E-state index is 12.6. The number of methoxy groups -OCH3 is 1. The highest BCUT2D eigenvalue weighted by atomic mass is 35.5. The summed E-state index contributed by atoms with van der Waals surface area (Å²) in [6.45, 7) is 2.16. The van der Waals surface area contributed by atoms with Gasteiger partial charge >= 0.3 is 0 Å². The minimum atomic E-state index is 0.0995. The monoisotopic (exact) mass is 330 g/mol. The fourth-order valence-corrected chi connectivity index (χ4v) is 5.61. The van der Waals surface area contributed by atoms with E-state index in [4.69, 9.17) is 16.3 Å². The molecule has 110 valence electrons. The Morgan fingerprint density at radius 1 is 1.40 bits per heavy atom. The zero-order valence-electron chi connectivity index (χ0n) is 11.7. The third-order valence-corrected chi connectivity index (χ3v) is 6.91. The van der Waals surface area contributed by atoms with Crippen LogP contribution in [0.25, 0.3) is 0 Å². The molecule has 1 aromatic carbocycles. The van der Waals surface area contributed by atoms with Crippen molar-refractivity contribution < 1.29 is 9.53 Å². The van der Waals surface area contributed by atoms with Gasteiger partial charge in [0.1, 0.15) is 5.75 Å². The van der Waals surface area contributed by atoms with E-state index in [9.17, 15) is 4.79 Å². The zero-order chi connectivity index (χ0) is 14.5. The second kappa shape index (κ2) is 7.62. The van der Waals surface area contributed by atoms with E-state index in [1.54, 1.807) is 24.9 Å². The van der Waals surface area contributed by atoms with E-state index in [-0.39, 0.29) is 11.0 Å². The summed E-state index contributed by atoms with van der Waals surface area (Å²) in [5, 5.41) is 1.18. The predicted octanol–water partition coefficient (Wildman–Crippen LogP) is 4.09. The van der Waals surface area contributed by atoms with E-state index >= 15 is 0 Å². The summed E-state index contributed by atoms with van der Waals surface area (Å²) >= 11 is 9.74. The Labute approximate surface area is 134 Å². The Kier molecular flexibility index (Phi) is 6.12. The highest BCUT2D eigenvalue weighted by molar-refractivity contribution is 8.07. The minimum Gasteiger partial charge on any atom is -0.496 e. The first kappa shape index (κ1) is 16.1. The highest BCUT2D eigenvalue weighted by Crippen LogP contribution is 2.35. The van der Waals surface area contributed by atoms with Gasteiger partial charge in [0.25, 0.3) is 0 Å². The van der Waals surface area contributed by atoms with Crippen LogP contribution in [0.15, 0.2) is 18.2 Å². The number of rotatable bonds is 5. The Bertz CT molecular complexity index is 479. The van der Waals surface area contributed by atoms with Crippen molar-refractivity contribution >= 4 is 40.9 Å². The lowest BCUT2D eigenvalue weighted by Crippen LogP contribution is -2.33. The van der Waals surface area contributed by atoms with Crippen molar-refractivity contribution in [2.75, 3.05) is 18.6 Å². The summed E-state index contributed by atoms with van der Waals surface area (Å²) in [6, 6.07) is 5.44. The van der Waals surface area contributed by atoms with E-state index in [1.807, 2.05) is 23.9 Å². The number of carbonyl (C=O) groups is 1. The van der Waals surface area contributed by atoms with Crippen LogP contribution in [0.5, 0.6) is 5.75 Å². The van der Waals surface area contributed by atoms with Crippen LogP contribution >= 0.6 is 35.1 Å². The van der Waals surface area contributed by atoms with Crippen molar-refractivity contribution in [1.82, 2.24) is 0 Å². The molecule has 0 aromatic heterocycles. The normalized spacial score (nSPS) is 22.6. The standard InChI is InChI=1S/C15H19ClO2S2/c1-3-14-15(20-7-6-19-14)12(17)9-10-8-11(16)4-5-13(10)18-2/h4-5,8,14-15H,3,6-7,9H2,1-2H3. The largest absolute Gasteiger partial charge is 0.496 e. The molecule has 2 unspecified atom stereocenters. The van der Waals surface area contributed by atoms with Crippen LogP contribution in [0.1, 0.15) is 18.9 Å². The lowest BCUT2D eigenvalue weighted by molar-refractivity contribution is -0.118. The number of Topliss-reactive ketones (excluding diaryl/α,β-unsaturated/α-hetero) is 1. The minimum absolute atomic E-state index is 0.0995. The van der Waals surface area contributed by atoms with Crippen LogP contribution in [0.2, 0.25) is 5.02 Å². The topological polar surface area (TPSA) is 26.3 Å². The molecule has 0 radical (unpaired) electrons. The quantitative estimate of drug-likeness (QED) is 0.812. The van der Waals surface area contributed by atoms with Gasteiger partial charge in [-0.1, -0.05) is 18.5 Å². The average Bonchev–Trinajstić information content (AvgIpc) is 2.47. The molecular formula is C15H19ClO2S2. The second-order valence-corrected chi connectivity index (χ2v) is 7.74. The number of halogens is 1. The summed E-state index contributed by atoms with van der Waals surface area (Å²) < 4.78 is 5.32. The molecule has 1 heterocycles. The van der Waals surface area contributed by atoms with E-state index in [2.05, 4.69) is 6.92 Å². The van der Waals surface area contributed by atoms with Gasteiger partial charge < -0.3 is 4.74 Å². The first-order chi connectivity index (χ1) is 9.65. The lowest BCUT2D eigenvalue weighted by Gasteiger charge is -2.28. The van der Waals surface area contributed by atoms with Crippen molar-refractivity contribution in [3.63, 3.8) is 0 Å². The van der Waals surface area contributed by atoms with Crippen LogP contribution in [0.4, 0.5) is 0 Å². The third-order valence-electron chi connectivity index (χ3n) is 3.38. The summed E-state index contributed by atoms with van der Waals surface area (Å²) in [4.78, 5) is 12.6. The van der Waals surface area contributed by atoms with Crippen molar-refractivity contribution in [1.29, 1.82) is 0 Å². The van der Waals surface area contributed by atoms with E-state index in [0.717, 1.165) is 29.2 Å². The summed E-state index contributed by atoms with van der Waals surface area (Å²) in [6.07, 6.45) is 1.44. The molecule has 1 aliphatic heterocycles. The van der Waals surface area contributed by atoms with Crippen LogP contribution in [0, 0.1) is 0 Å². The molecule has 1 aromatic rings. The first-order valence-electron chi connectivity index (χ1n) is 6.74. The zero-order valence-corrected chi connectivity index (χ0v) is 14.1. The number of benzene rings is 1. The molecule has 0 spiro atoms. The Balaban J connectivity index is 2.12. The average molecular weight is 331 g/mol. The fraction of sp³-hybridized carbons (Fsp3) is 0.533. The smallest absolute Gasteiger partial charge is 0.151 e. The molecule has 0 N–H and O–H groups in total. The molecule has 1 aliphatic rings. The van der Waals surface area contributed by atoms with Gasteiger partial charge in [-0.2, -0.15) is 11.8 Å². The Morgan fingerprint density at radius 3 is 2.85 bits per heavy atom. The van der Waals surface area contributed by atoms with Crippen molar-refractivity contribution in [2.45, 2.75) is 30.3 Å². The van der Waals surface area contributed by atoms with Gasteiger partial charge in [0.15, 0.2) is 5.78 Å². The Hall–Kier alpha value is -0.320. The van der Waals surface area contributed by atoms with Gasteiger partial charge in [0.2, 0.25) is 0 Å². The van der Waals surface area contributed by atoms with E-state index in [0.29, 0.717) is 16.7 Å². The summed E-state index contributed by atoms with van der Waals surface area (Å²) in [5.41, 5.74) is 0.885. The molecule has 2 atom stereocenters. The van der Waals surface area contributed by atoms with Gasteiger partial charge in [0, 0.05) is 33.8 Å². The maximum Gasteiger partial charge on any atom is 0.151 e. The molecule has 5 heteroatoms. The van der Waals surface area contributed by atoms with E-state index < -0.39 is 0 Å². The number of carbonyl (C=O) groups excluding carboxylic acids is 1. The molecule has 20 heavy (non-hydrogen) atoms. The lowest BCUT2D eigenvalue weighted by atomic mass is 10.0. The molecule has 1 fully saturated rings. The molecule has 0 aliphatic carbocycles. The summed E-state index contributed by atoms with van der Waals surface area (Å²) in [5.74, 6) is 3.23. The van der Waals surface area contributed by atoms with Crippen molar-refractivity contribution in [2.24, 2.45) is 0 Å². The van der Waals surface area contributed by atoms with Crippen LogP contribution < -0.4 is 4.74 Å². The number of ketones is 1. The maximum atomic E-state index is 12.6. The highest BCUT2D eigenvalue weighted by Gasteiger charge is 2.31. The molecule has 2 nitrogen and oxygen atoms in total. The molecule has 0 amide bonds. The van der Waals surface area contributed by atoms with E-state index in [1.165, 1.54) is 0 Å². The third kappa shape index (κ3) is 3.86. The number of ether oxygens (including phenoxy) is 1. The molecule has 1 saturated heterocycles. The fourth-order valence-electron chi connectivity index (χ4n) is 2.38. The SMILES string of the molecule is CCC1SCCSC1C(=O)Cc1cc(Cl)ccc1OC. The summed E-state index contributed by atoms with van der Waals surface area (Å²) in [7, 11) is 1.62. The van der Waals surface area contributed by atoms with Gasteiger partial charge in [-0.15, -0.1) is 11.8 Å². The second-order valence-electron chi connectivity index (χ2n) is 4.71. The van der Waals surface area contributed by atoms with Gasteiger partial charge in [-0.25, -0.2) is 0 Å². The first-order valence-corrected chi connectivity index (χ1v) is 9.21. The van der Waals surface area contributed by atoms with Crippen LogP contribution in [-0.4, -0.2) is 34.9 Å². The molecular weight excluding hydrogens is 312 g/mol. The molecule has 0 saturated carbocycles. The number of hydrogen-bond donors (Lipinski definition) is 0. The van der Waals surface area contributed by atoms with Gasteiger partial charge in [-0.05, 0) is 24.6 Å². The molecule has 0 bridgehead atoms. The molecule has 2 rings (SSSR count). The van der Waals surface area contributed by atoms with Crippen LogP contribution in [-0.2, 0) is 11.2 Å². The van der Waals surface area contributed by atoms with Crippen LogP contribution in [0.3, 0.4) is 0 Å². The number of thioether (sulfide) groups is 2. The predicted molar refractivity (Wildman–Crippen MR) is 89.5 cm³/mol. The number of hydrogen-bond acceptors (Lipinski definition) is 4. The van der Waals surface area contributed by atoms with Gasteiger partial charge in [-0.3, -0.25) is 4.79 Å². The van der Waals surface area contributed by atoms with Crippen molar-refractivity contribution in [3.05, 3.63) is 28.8 Å².